The van der Waals surface area contributed by atoms with Gasteiger partial charge in [0.15, 0.2) is 0 Å². The Kier molecular flexibility index (Phi) is 2.99. The van der Waals surface area contributed by atoms with Gasteiger partial charge in [0.05, 0.1) is 0 Å². The highest BCUT2D eigenvalue weighted by atomic mass is 16.4. The van der Waals surface area contributed by atoms with Crippen LogP contribution in [-0.2, 0) is 4.79 Å². The summed E-state index contributed by atoms with van der Waals surface area (Å²) in [6.45, 7) is 0.270. The molecular formula is C12H13NO4. The fourth-order valence-electron chi connectivity index (χ4n) is 2.36. The summed E-state index contributed by atoms with van der Waals surface area (Å²) in [4.78, 5) is 23.2. The van der Waals surface area contributed by atoms with Gasteiger partial charge in [-0.25, -0.2) is 9.59 Å². The Morgan fingerprint density at radius 2 is 1.82 bits per heavy atom. The maximum absolute atomic E-state index is 11.2. The molecule has 1 aromatic carbocycles. The van der Waals surface area contributed by atoms with E-state index in [1.807, 2.05) is 30.3 Å². The molecule has 5 nitrogen and oxygen atoms in total. The summed E-state index contributed by atoms with van der Waals surface area (Å²) in [5.74, 6) is -1.34. The molecule has 1 aliphatic heterocycles. The number of carboxylic acids is 1. The number of carboxylic acid groups (broad SMARTS) is 2. The quantitative estimate of drug-likeness (QED) is 0.816. The van der Waals surface area contributed by atoms with E-state index in [-0.39, 0.29) is 12.5 Å². The molecule has 0 aromatic heterocycles. The predicted octanol–water partition coefficient (Wildman–Crippen LogP) is 1.61. The van der Waals surface area contributed by atoms with Crippen LogP contribution in [0.5, 0.6) is 0 Å². The molecule has 0 radical (unpaired) electrons. The predicted molar refractivity (Wildman–Crippen MR) is 60.0 cm³/mol. The third kappa shape index (κ3) is 2.08. The Morgan fingerprint density at radius 3 is 2.35 bits per heavy atom. The topological polar surface area (TPSA) is 77.8 Å². The van der Waals surface area contributed by atoms with Gasteiger partial charge in [-0.1, -0.05) is 30.3 Å². The van der Waals surface area contributed by atoms with Crippen LogP contribution < -0.4 is 0 Å². The van der Waals surface area contributed by atoms with Crippen LogP contribution in [0.4, 0.5) is 4.79 Å². The zero-order valence-electron chi connectivity index (χ0n) is 9.11. The van der Waals surface area contributed by atoms with Crippen LogP contribution in [0.15, 0.2) is 30.3 Å². The Hall–Kier alpha value is -2.04. The SMILES string of the molecule is O=C(O)[C@H]1[C@@H](c2ccccc2)CCN1C(=O)O. The molecule has 2 rings (SSSR count). The van der Waals surface area contributed by atoms with E-state index in [1.165, 1.54) is 0 Å². The second-order valence-electron chi connectivity index (χ2n) is 4.06. The summed E-state index contributed by atoms with van der Waals surface area (Å²) in [6, 6.07) is 8.21. The first kappa shape index (κ1) is 11.4. The van der Waals surface area contributed by atoms with Crippen molar-refractivity contribution in [2.45, 2.75) is 18.4 Å². The third-order valence-electron chi connectivity index (χ3n) is 3.12. The fourth-order valence-corrected chi connectivity index (χ4v) is 2.36. The Labute approximate surface area is 98.3 Å². The van der Waals surface area contributed by atoms with E-state index in [9.17, 15) is 9.59 Å². The second-order valence-corrected chi connectivity index (χ2v) is 4.06. The van der Waals surface area contributed by atoms with Crippen LogP contribution in [0.3, 0.4) is 0 Å². The number of aliphatic carboxylic acids is 1. The smallest absolute Gasteiger partial charge is 0.408 e. The van der Waals surface area contributed by atoms with Crippen molar-refractivity contribution in [2.24, 2.45) is 0 Å². The number of amides is 1. The van der Waals surface area contributed by atoms with E-state index in [0.717, 1.165) is 10.5 Å². The van der Waals surface area contributed by atoms with Gasteiger partial charge < -0.3 is 10.2 Å². The molecule has 1 aromatic rings. The van der Waals surface area contributed by atoms with Gasteiger partial charge in [-0.05, 0) is 12.0 Å². The van der Waals surface area contributed by atoms with Crippen molar-refractivity contribution in [1.29, 1.82) is 0 Å². The molecule has 0 aliphatic carbocycles. The first-order valence-corrected chi connectivity index (χ1v) is 5.38. The Bertz CT molecular complexity index is 431. The van der Waals surface area contributed by atoms with Crippen molar-refractivity contribution in [3.05, 3.63) is 35.9 Å². The lowest BCUT2D eigenvalue weighted by atomic mass is 9.92. The molecule has 0 unspecified atom stereocenters. The average molecular weight is 235 g/mol. The van der Waals surface area contributed by atoms with Crippen LogP contribution in [-0.4, -0.2) is 39.8 Å². The number of likely N-dealkylation sites (tertiary alicyclic amines) is 1. The third-order valence-corrected chi connectivity index (χ3v) is 3.12. The number of nitrogens with zero attached hydrogens (tertiary/aromatic N) is 1. The molecule has 1 heterocycles. The molecule has 2 atom stereocenters. The number of hydrogen-bond acceptors (Lipinski definition) is 2. The summed E-state index contributed by atoms with van der Waals surface area (Å²) in [6.07, 6.45) is -0.622. The van der Waals surface area contributed by atoms with E-state index in [0.29, 0.717) is 6.42 Å². The van der Waals surface area contributed by atoms with E-state index >= 15 is 0 Å². The first-order valence-electron chi connectivity index (χ1n) is 5.38. The summed E-state index contributed by atoms with van der Waals surface area (Å²) in [5.41, 5.74) is 0.878. The molecule has 1 saturated heterocycles. The summed E-state index contributed by atoms with van der Waals surface area (Å²) in [7, 11) is 0. The lowest BCUT2D eigenvalue weighted by Crippen LogP contribution is -2.41. The van der Waals surface area contributed by atoms with Gasteiger partial charge >= 0.3 is 12.1 Å². The minimum atomic E-state index is -1.17. The molecule has 1 aliphatic rings. The van der Waals surface area contributed by atoms with Crippen LogP contribution in [0.1, 0.15) is 17.9 Å². The van der Waals surface area contributed by atoms with Crippen LogP contribution in [0, 0.1) is 0 Å². The van der Waals surface area contributed by atoms with Gasteiger partial charge in [0, 0.05) is 12.5 Å². The van der Waals surface area contributed by atoms with Crippen LogP contribution >= 0.6 is 0 Å². The van der Waals surface area contributed by atoms with E-state index in [2.05, 4.69) is 0 Å². The molecule has 0 bridgehead atoms. The molecule has 1 amide bonds. The van der Waals surface area contributed by atoms with Crippen LogP contribution in [0.25, 0.3) is 0 Å². The maximum atomic E-state index is 11.2. The lowest BCUT2D eigenvalue weighted by Gasteiger charge is -2.22. The fraction of sp³-hybridized carbons (Fsp3) is 0.333. The summed E-state index contributed by atoms with van der Waals surface area (Å²) >= 11 is 0. The zero-order valence-corrected chi connectivity index (χ0v) is 9.11. The average Bonchev–Trinajstić information content (AvgIpc) is 2.74. The van der Waals surface area contributed by atoms with Crippen molar-refractivity contribution >= 4 is 12.1 Å². The molecular weight excluding hydrogens is 222 g/mol. The highest BCUT2D eigenvalue weighted by Gasteiger charge is 2.42. The van der Waals surface area contributed by atoms with Crippen molar-refractivity contribution < 1.29 is 19.8 Å². The minimum Gasteiger partial charge on any atom is -0.480 e. The van der Waals surface area contributed by atoms with Gasteiger partial charge in [0.2, 0.25) is 0 Å². The van der Waals surface area contributed by atoms with Crippen molar-refractivity contribution in [3.63, 3.8) is 0 Å². The normalized spacial score (nSPS) is 23.6. The summed E-state index contributed by atoms with van der Waals surface area (Å²) in [5, 5.41) is 18.1. The Morgan fingerprint density at radius 1 is 1.18 bits per heavy atom. The number of carbonyl (C=O) groups is 2. The monoisotopic (exact) mass is 235 g/mol. The van der Waals surface area contributed by atoms with Gasteiger partial charge in [0.1, 0.15) is 6.04 Å². The first-order chi connectivity index (χ1) is 8.11. The standard InChI is InChI=1S/C12H13NO4/c14-11(15)10-9(6-7-13(10)12(16)17)8-4-2-1-3-5-8/h1-5,9-10H,6-7H2,(H,14,15)(H,16,17)/t9-,10-/m1/s1. The Balaban J connectivity index is 2.30. The zero-order chi connectivity index (χ0) is 12.4. The highest BCUT2D eigenvalue weighted by molar-refractivity contribution is 5.81. The minimum absolute atomic E-state index is 0.259. The van der Waals surface area contributed by atoms with E-state index < -0.39 is 18.1 Å². The van der Waals surface area contributed by atoms with Gasteiger partial charge in [0.25, 0.3) is 0 Å². The number of benzene rings is 1. The molecule has 5 heteroatoms. The number of hydrogen-bond donors (Lipinski definition) is 2. The van der Waals surface area contributed by atoms with Crippen molar-refractivity contribution in [1.82, 2.24) is 4.90 Å². The number of rotatable bonds is 2. The van der Waals surface area contributed by atoms with Gasteiger partial charge in [-0.2, -0.15) is 0 Å². The van der Waals surface area contributed by atoms with Crippen molar-refractivity contribution in [3.8, 4) is 0 Å². The van der Waals surface area contributed by atoms with E-state index in [4.69, 9.17) is 10.2 Å². The van der Waals surface area contributed by atoms with E-state index in [1.54, 1.807) is 0 Å². The highest BCUT2D eigenvalue weighted by Crippen LogP contribution is 2.33. The molecule has 0 spiro atoms. The van der Waals surface area contributed by atoms with Crippen LogP contribution in [0.2, 0.25) is 0 Å². The van der Waals surface area contributed by atoms with Gasteiger partial charge in [-0.3, -0.25) is 4.90 Å². The largest absolute Gasteiger partial charge is 0.480 e. The van der Waals surface area contributed by atoms with Crippen molar-refractivity contribution in [2.75, 3.05) is 6.54 Å². The molecule has 90 valence electrons. The molecule has 0 saturated carbocycles. The second kappa shape index (κ2) is 4.45. The lowest BCUT2D eigenvalue weighted by molar-refractivity contribution is -0.142. The maximum Gasteiger partial charge on any atom is 0.408 e. The molecule has 2 N–H and O–H groups in total. The summed E-state index contributed by atoms with van der Waals surface area (Å²) < 4.78 is 0. The molecule has 1 fully saturated rings. The van der Waals surface area contributed by atoms with Gasteiger partial charge in [-0.15, -0.1) is 0 Å². The molecule has 17 heavy (non-hydrogen) atoms.